The summed E-state index contributed by atoms with van der Waals surface area (Å²) in [5.74, 6) is 0. The number of pyridine rings is 1. The summed E-state index contributed by atoms with van der Waals surface area (Å²) >= 11 is 5.65. The van der Waals surface area contributed by atoms with Gasteiger partial charge in [-0.2, -0.15) is 13.2 Å². The summed E-state index contributed by atoms with van der Waals surface area (Å²) in [7, 11) is 0. The minimum absolute atomic E-state index is 0.271. The third kappa shape index (κ3) is 2.83. The maximum Gasteiger partial charge on any atom is 0.417 e. The molecule has 1 aromatic carbocycles. The van der Waals surface area contributed by atoms with E-state index >= 15 is 0 Å². The van der Waals surface area contributed by atoms with Crippen LogP contribution in [0.1, 0.15) is 16.7 Å². The molecule has 2 heterocycles. The number of fused-ring (bicyclic) bond motifs is 1. The van der Waals surface area contributed by atoms with Crippen molar-refractivity contribution in [3.63, 3.8) is 0 Å². The van der Waals surface area contributed by atoms with Crippen LogP contribution in [0.5, 0.6) is 0 Å². The van der Waals surface area contributed by atoms with Gasteiger partial charge in [0.25, 0.3) is 0 Å². The number of hydrogen-bond acceptors (Lipinski definition) is 2. The molecule has 2 nitrogen and oxygen atoms in total. The van der Waals surface area contributed by atoms with Crippen molar-refractivity contribution in [3.8, 4) is 0 Å². The van der Waals surface area contributed by atoms with Crippen molar-refractivity contribution in [1.82, 2.24) is 4.98 Å². The summed E-state index contributed by atoms with van der Waals surface area (Å²) in [6, 6.07) is 5.96. The predicted molar refractivity (Wildman–Crippen MR) is 75.4 cm³/mol. The van der Waals surface area contributed by atoms with Gasteiger partial charge in [-0.25, -0.2) is 0 Å². The molecule has 0 fully saturated rings. The number of rotatable bonds is 1. The molecule has 0 unspecified atom stereocenters. The number of anilines is 1. The highest BCUT2D eigenvalue weighted by Crippen LogP contribution is 2.37. The lowest BCUT2D eigenvalue weighted by atomic mass is 10.0. The number of halogens is 4. The Morgan fingerprint density at radius 2 is 1.95 bits per heavy atom. The second-order valence-electron chi connectivity index (χ2n) is 4.98. The lowest BCUT2D eigenvalue weighted by Crippen LogP contribution is -2.30. The highest BCUT2D eigenvalue weighted by molar-refractivity contribution is 6.31. The number of alkyl halides is 3. The molecule has 21 heavy (non-hydrogen) atoms. The smallest absolute Gasteiger partial charge is 0.367 e. The van der Waals surface area contributed by atoms with Gasteiger partial charge in [0, 0.05) is 31.2 Å². The Morgan fingerprint density at radius 1 is 1.14 bits per heavy atom. The van der Waals surface area contributed by atoms with E-state index in [0.717, 1.165) is 23.6 Å². The molecule has 110 valence electrons. The van der Waals surface area contributed by atoms with Gasteiger partial charge >= 0.3 is 6.18 Å². The van der Waals surface area contributed by atoms with E-state index in [0.29, 0.717) is 18.8 Å². The van der Waals surface area contributed by atoms with E-state index in [1.807, 2.05) is 17.2 Å². The number of benzene rings is 1. The molecule has 0 atom stereocenters. The summed E-state index contributed by atoms with van der Waals surface area (Å²) in [5, 5.41) is -0.271. The zero-order chi connectivity index (χ0) is 15.0. The van der Waals surface area contributed by atoms with E-state index < -0.39 is 11.7 Å². The molecule has 0 bridgehead atoms. The van der Waals surface area contributed by atoms with Gasteiger partial charge in [-0.1, -0.05) is 11.6 Å². The number of hydrogen-bond donors (Lipinski definition) is 0. The molecule has 0 radical (unpaired) electrons. The van der Waals surface area contributed by atoms with Crippen LogP contribution in [0.3, 0.4) is 0 Å². The van der Waals surface area contributed by atoms with Gasteiger partial charge in [0.15, 0.2) is 0 Å². The molecular formula is C15H12ClF3N2. The van der Waals surface area contributed by atoms with E-state index in [1.54, 1.807) is 12.3 Å². The van der Waals surface area contributed by atoms with Gasteiger partial charge in [0.05, 0.1) is 10.6 Å². The first-order chi connectivity index (χ1) is 9.95. The Morgan fingerprint density at radius 3 is 2.71 bits per heavy atom. The summed E-state index contributed by atoms with van der Waals surface area (Å²) in [6.45, 7) is 1.24. The van der Waals surface area contributed by atoms with E-state index in [1.165, 1.54) is 6.07 Å². The van der Waals surface area contributed by atoms with Crippen molar-refractivity contribution < 1.29 is 13.2 Å². The van der Waals surface area contributed by atoms with Crippen LogP contribution in [0.2, 0.25) is 5.02 Å². The average molecular weight is 313 g/mol. The van der Waals surface area contributed by atoms with E-state index in [4.69, 9.17) is 11.6 Å². The van der Waals surface area contributed by atoms with Crippen LogP contribution in [0.25, 0.3) is 0 Å². The first-order valence-corrected chi connectivity index (χ1v) is 6.86. The van der Waals surface area contributed by atoms with Crippen LogP contribution in [0, 0.1) is 0 Å². The Kier molecular flexibility index (Phi) is 3.53. The molecular weight excluding hydrogens is 301 g/mol. The molecule has 1 aliphatic rings. The summed E-state index contributed by atoms with van der Waals surface area (Å²) in [6.07, 6.45) is -0.154. The van der Waals surface area contributed by atoms with Crippen molar-refractivity contribution in [1.29, 1.82) is 0 Å². The normalized spacial score (nSPS) is 15.0. The van der Waals surface area contributed by atoms with Gasteiger partial charge in [-0.05, 0) is 41.8 Å². The highest BCUT2D eigenvalue weighted by Gasteiger charge is 2.34. The maximum absolute atomic E-state index is 12.9. The number of nitrogens with zero attached hydrogens (tertiary/aromatic N) is 2. The standard InChI is InChI=1S/C15H12ClF3N2/c16-14-2-1-12(7-13(14)15(17,18)19)21-6-4-10-8-20-5-3-11(10)9-21/h1-3,5,7-8H,4,6,9H2. The van der Waals surface area contributed by atoms with Crippen LogP contribution in [0.15, 0.2) is 36.7 Å². The lowest BCUT2D eigenvalue weighted by molar-refractivity contribution is -0.137. The Bertz CT molecular complexity index is 670. The zero-order valence-electron chi connectivity index (χ0n) is 11.0. The van der Waals surface area contributed by atoms with Gasteiger partial charge in [0.2, 0.25) is 0 Å². The first kappa shape index (κ1) is 14.2. The van der Waals surface area contributed by atoms with Crippen LogP contribution in [-0.2, 0) is 19.1 Å². The fourth-order valence-electron chi connectivity index (χ4n) is 2.52. The molecule has 0 spiro atoms. The van der Waals surface area contributed by atoms with Gasteiger partial charge < -0.3 is 4.90 Å². The molecule has 2 aromatic rings. The molecule has 6 heteroatoms. The van der Waals surface area contributed by atoms with Crippen LogP contribution in [-0.4, -0.2) is 11.5 Å². The predicted octanol–water partition coefficient (Wildman–Crippen LogP) is 4.32. The second-order valence-corrected chi connectivity index (χ2v) is 5.39. The minimum Gasteiger partial charge on any atom is -0.367 e. The molecule has 0 N–H and O–H groups in total. The molecule has 0 aliphatic carbocycles. The largest absolute Gasteiger partial charge is 0.417 e. The monoisotopic (exact) mass is 312 g/mol. The van der Waals surface area contributed by atoms with Crippen molar-refractivity contribution >= 4 is 17.3 Å². The fourth-order valence-corrected chi connectivity index (χ4v) is 2.75. The molecule has 0 saturated carbocycles. The Balaban J connectivity index is 1.92. The lowest BCUT2D eigenvalue weighted by Gasteiger charge is -2.31. The maximum atomic E-state index is 12.9. The fraction of sp³-hybridized carbons (Fsp3) is 0.267. The van der Waals surface area contributed by atoms with Crippen molar-refractivity contribution in [2.75, 3.05) is 11.4 Å². The first-order valence-electron chi connectivity index (χ1n) is 6.48. The Labute approximate surface area is 125 Å². The molecule has 0 amide bonds. The molecule has 1 aromatic heterocycles. The third-order valence-electron chi connectivity index (χ3n) is 3.64. The molecule has 3 rings (SSSR count). The van der Waals surface area contributed by atoms with Gasteiger partial charge in [-0.3, -0.25) is 4.98 Å². The van der Waals surface area contributed by atoms with E-state index in [9.17, 15) is 13.2 Å². The van der Waals surface area contributed by atoms with Crippen molar-refractivity contribution in [2.24, 2.45) is 0 Å². The topological polar surface area (TPSA) is 16.1 Å². The molecule has 1 aliphatic heterocycles. The summed E-state index contributed by atoms with van der Waals surface area (Å²) in [5.41, 5.74) is 2.00. The summed E-state index contributed by atoms with van der Waals surface area (Å²) < 4.78 is 38.8. The van der Waals surface area contributed by atoms with Crippen molar-refractivity contribution in [2.45, 2.75) is 19.1 Å². The second kappa shape index (κ2) is 5.22. The zero-order valence-corrected chi connectivity index (χ0v) is 11.7. The number of aromatic nitrogens is 1. The summed E-state index contributed by atoms with van der Waals surface area (Å²) in [4.78, 5) is 5.99. The van der Waals surface area contributed by atoms with Gasteiger partial charge in [0.1, 0.15) is 0 Å². The van der Waals surface area contributed by atoms with Crippen LogP contribution in [0.4, 0.5) is 18.9 Å². The Hall–Kier alpha value is -1.75. The van der Waals surface area contributed by atoms with Crippen LogP contribution >= 0.6 is 11.6 Å². The van der Waals surface area contributed by atoms with Crippen LogP contribution < -0.4 is 4.90 Å². The average Bonchev–Trinajstić information content (AvgIpc) is 2.46. The highest BCUT2D eigenvalue weighted by atomic mass is 35.5. The van der Waals surface area contributed by atoms with Crippen molar-refractivity contribution in [3.05, 3.63) is 58.4 Å². The minimum atomic E-state index is -4.44. The molecule has 0 saturated heterocycles. The van der Waals surface area contributed by atoms with Gasteiger partial charge in [-0.15, -0.1) is 0 Å². The third-order valence-corrected chi connectivity index (χ3v) is 3.97. The SMILES string of the molecule is FC(F)(F)c1cc(N2CCc3cnccc3C2)ccc1Cl. The van der Waals surface area contributed by atoms with E-state index in [2.05, 4.69) is 4.98 Å². The van der Waals surface area contributed by atoms with E-state index in [-0.39, 0.29) is 5.02 Å². The quantitative estimate of drug-likeness (QED) is 0.779.